The number of nitrogens with one attached hydrogen (secondary N) is 2. The van der Waals surface area contributed by atoms with Crippen LogP contribution in [-0.4, -0.2) is 56.6 Å². The summed E-state index contributed by atoms with van der Waals surface area (Å²) in [6.45, 7) is 3.66. The van der Waals surface area contributed by atoms with Crippen LogP contribution in [0.4, 0.5) is 5.69 Å². The predicted octanol–water partition coefficient (Wildman–Crippen LogP) is 0.624. The van der Waals surface area contributed by atoms with Crippen LogP contribution in [0.5, 0.6) is 0 Å². The number of hydrogen-bond acceptors (Lipinski definition) is 4. The van der Waals surface area contributed by atoms with E-state index in [0.29, 0.717) is 24.4 Å². The molecule has 1 fully saturated rings. The second kappa shape index (κ2) is 6.69. The topological polar surface area (TPSA) is 70.7 Å². The van der Waals surface area contributed by atoms with E-state index in [0.717, 1.165) is 12.1 Å². The fraction of sp³-hybridized carbons (Fsp3) is 0.467. The summed E-state index contributed by atoms with van der Waals surface area (Å²) in [5.74, 6) is -0.284. The van der Waals surface area contributed by atoms with Crippen molar-refractivity contribution in [1.82, 2.24) is 10.2 Å². The second-order valence-electron chi connectivity index (χ2n) is 5.28. The minimum Gasteiger partial charge on any atom is -0.366 e. The van der Waals surface area contributed by atoms with Gasteiger partial charge in [0.2, 0.25) is 0 Å². The van der Waals surface area contributed by atoms with Crippen LogP contribution in [-0.2, 0) is 9.53 Å². The molecule has 2 amide bonds. The van der Waals surface area contributed by atoms with Crippen molar-refractivity contribution in [2.75, 3.05) is 39.1 Å². The lowest BCUT2D eigenvalue weighted by atomic mass is 10.1. The average Bonchev–Trinajstić information content (AvgIpc) is 2.49. The third kappa shape index (κ3) is 3.80. The van der Waals surface area contributed by atoms with Crippen LogP contribution in [0.2, 0.25) is 0 Å². The SMILES string of the molecule is Cc1ccc(NC(=O)C2CNCCO2)cc1C(=O)N(C)C. The third-order valence-electron chi connectivity index (χ3n) is 3.36. The van der Waals surface area contributed by atoms with Crippen molar-refractivity contribution < 1.29 is 14.3 Å². The summed E-state index contributed by atoms with van der Waals surface area (Å²) in [5, 5.41) is 5.91. The number of aryl methyl sites for hydroxylation is 1. The van der Waals surface area contributed by atoms with Gasteiger partial charge in [-0.2, -0.15) is 0 Å². The summed E-state index contributed by atoms with van der Waals surface area (Å²) in [4.78, 5) is 25.7. The van der Waals surface area contributed by atoms with Gasteiger partial charge in [0.1, 0.15) is 6.10 Å². The van der Waals surface area contributed by atoms with Gasteiger partial charge in [-0.3, -0.25) is 9.59 Å². The zero-order valence-electron chi connectivity index (χ0n) is 12.6. The van der Waals surface area contributed by atoms with E-state index >= 15 is 0 Å². The minimum atomic E-state index is -0.493. The first-order valence-electron chi connectivity index (χ1n) is 6.94. The summed E-state index contributed by atoms with van der Waals surface area (Å²) < 4.78 is 5.40. The molecule has 1 saturated heterocycles. The molecule has 1 aliphatic rings. The van der Waals surface area contributed by atoms with Crippen LogP contribution < -0.4 is 10.6 Å². The Morgan fingerprint density at radius 3 is 2.76 bits per heavy atom. The van der Waals surface area contributed by atoms with Gasteiger partial charge in [-0.1, -0.05) is 6.07 Å². The normalized spacial score (nSPS) is 18.1. The molecule has 0 aliphatic carbocycles. The predicted molar refractivity (Wildman–Crippen MR) is 80.4 cm³/mol. The number of hydrogen-bond donors (Lipinski definition) is 2. The molecular weight excluding hydrogens is 270 g/mol. The highest BCUT2D eigenvalue weighted by Crippen LogP contribution is 2.17. The van der Waals surface area contributed by atoms with Crippen molar-refractivity contribution in [3.63, 3.8) is 0 Å². The number of carbonyl (C=O) groups excluding carboxylic acids is 2. The minimum absolute atomic E-state index is 0.0841. The molecule has 1 unspecified atom stereocenters. The van der Waals surface area contributed by atoms with Gasteiger partial charge >= 0.3 is 0 Å². The molecule has 1 aliphatic heterocycles. The van der Waals surface area contributed by atoms with E-state index in [1.807, 2.05) is 13.0 Å². The van der Waals surface area contributed by atoms with Crippen LogP contribution in [0, 0.1) is 6.92 Å². The molecule has 6 heteroatoms. The Morgan fingerprint density at radius 1 is 1.38 bits per heavy atom. The number of ether oxygens (including phenoxy) is 1. The maximum absolute atomic E-state index is 12.1. The lowest BCUT2D eigenvalue weighted by Crippen LogP contribution is -2.45. The van der Waals surface area contributed by atoms with E-state index in [1.54, 1.807) is 26.2 Å². The van der Waals surface area contributed by atoms with E-state index in [9.17, 15) is 9.59 Å². The number of amides is 2. The Kier molecular flexibility index (Phi) is 4.93. The molecule has 1 atom stereocenters. The summed E-state index contributed by atoms with van der Waals surface area (Å²) >= 11 is 0. The van der Waals surface area contributed by atoms with E-state index in [1.165, 1.54) is 4.90 Å². The molecule has 1 aromatic rings. The number of morpholine rings is 1. The van der Waals surface area contributed by atoms with Crippen molar-refractivity contribution in [1.29, 1.82) is 0 Å². The zero-order chi connectivity index (χ0) is 15.4. The molecule has 0 saturated carbocycles. The quantitative estimate of drug-likeness (QED) is 0.856. The molecule has 0 bridgehead atoms. The van der Waals surface area contributed by atoms with Crippen LogP contribution >= 0.6 is 0 Å². The third-order valence-corrected chi connectivity index (χ3v) is 3.36. The second-order valence-corrected chi connectivity index (χ2v) is 5.28. The van der Waals surface area contributed by atoms with Gasteiger partial charge in [0.15, 0.2) is 0 Å². The summed E-state index contributed by atoms with van der Waals surface area (Å²) in [7, 11) is 3.41. The Morgan fingerprint density at radius 2 is 2.14 bits per heavy atom. The van der Waals surface area contributed by atoms with Gasteiger partial charge in [0.25, 0.3) is 11.8 Å². The molecule has 1 heterocycles. The Hall–Kier alpha value is -1.92. The van der Waals surface area contributed by atoms with Crippen molar-refractivity contribution in [3.05, 3.63) is 29.3 Å². The lowest BCUT2D eigenvalue weighted by Gasteiger charge is -2.23. The van der Waals surface area contributed by atoms with Crippen LogP contribution in [0.1, 0.15) is 15.9 Å². The number of rotatable bonds is 3. The monoisotopic (exact) mass is 291 g/mol. The molecule has 1 aromatic carbocycles. The number of nitrogens with zero attached hydrogens (tertiary/aromatic N) is 1. The molecule has 6 nitrogen and oxygen atoms in total. The van der Waals surface area contributed by atoms with Crippen LogP contribution in [0.3, 0.4) is 0 Å². The zero-order valence-corrected chi connectivity index (χ0v) is 12.6. The van der Waals surface area contributed by atoms with Crippen molar-refractivity contribution in [3.8, 4) is 0 Å². The molecule has 0 spiro atoms. The van der Waals surface area contributed by atoms with Crippen molar-refractivity contribution in [2.45, 2.75) is 13.0 Å². The van der Waals surface area contributed by atoms with Gasteiger partial charge in [0, 0.05) is 38.4 Å². The van der Waals surface area contributed by atoms with E-state index in [2.05, 4.69) is 10.6 Å². The molecular formula is C15H21N3O3. The lowest BCUT2D eigenvalue weighted by molar-refractivity contribution is -0.128. The number of anilines is 1. The molecule has 0 radical (unpaired) electrons. The standard InChI is InChI=1S/C15H21N3O3/c1-10-4-5-11(8-12(10)15(20)18(2)3)17-14(19)13-9-16-6-7-21-13/h4-5,8,13,16H,6-7,9H2,1-3H3,(H,17,19). The Bertz CT molecular complexity index is 537. The number of carbonyl (C=O) groups is 2. The molecule has 114 valence electrons. The first-order valence-corrected chi connectivity index (χ1v) is 6.94. The van der Waals surface area contributed by atoms with Crippen molar-refractivity contribution in [2.24, 2.45) is 0 Å². The maximum Gasteiger partial charge on any atom is 0.254 e. The summed E-state index contributed by atoms with van der Waals surface area (Å²) in [5.41, 5.74) is 2.06. The van der Waals surface area contributed by atoms with E-state index in [4.69, 9.17) is 4.74 Å². The highest BCUT2D eigenvalue weighted by atomic mass is 16.5. The molecule has 21 heavy (non-hydrogen) atoms. The first-order chi connectivity index (χ1) is 9.99. The molecule has 0 aromatic heterocycles. The van der Waals surface area contributed by atoms with Gasteiger partial charge in [0.05, 0.1) is 6.61 Å². The fourth-order valence-corrected chi connectivity index (χ4v) is 2.13. The highest BCUT2D eigenvalue weighted by Gasteiger charge is 2.22. The largest absolute Gasteiger partial charge is 0.366 e. The molecule has 2 N–H and O–H groups in total. The van der Waals surface area contributed by atoms with E-state index in [-0.39, 0.29) is 11.8 Å². The first kappa shape index (κ1) is 15.5. The van der Waals surface area contributed by atoms with Gasteiger partial charge in [-0.05, 0) is 24.6 Å². The smallest absolute Gasteiger partial charge is 0.254 e. The molecule has 2 rings (SSSR count). The summed E-state index contributed by atoms with van der Waals surface area (Å²) in [6, 6.07) is 5.31. The van der Waals surface area contributed by atoms with Gasteiger partial charge in [-0.25, -0.2) is 0 Å². The summed E-state index contributed by atoms with van der Waals surface area (Å²) in [6.07, 6.45) is -0.493. The van der Waals surface area contributed by atoms with E-state index < -0.39 is 6.10 Å². The Labute approximate surface area is 124 Å². The van der Waals surface area contributed by atoms with Crippen molar-refractivity contribution >= 4 is 17.5 Å². The highest BCUT2D eigenvalue weighted by molar-refractivity contribution is 5.99. The van der Waals surface area contributed by atoms with Gasteiger partial charge in [-0.15, -0.1) is 0 Å². The van der Waals surface area contributed by atoms with Crippen LogP contribution in [0.15, 0.2) is 18.2 Å². The maximum atomic E-state index is 12.1. The van der Waals surface area contributed by atoms with Gasteiger partial charge < -0.3 is 20.3 Å². The fourth-order valence-electron chi connectivity index (χ4n) is 2.13. The average molecular weight is 291 g/mol. The number of benzene rings is 1. The van der Waals surface area contributed by atoms with Crippen LogP contribution in [0.25, 0.3) is 0 Å². The Balaban J connectivity index is 2.11.